The Morgan fingerprint density at radius 1 is 1.11 bits per heavy atom. The van der Waals surface area contributed by atoms with Crippen LogP contribution in [-0.4, -0.2) is 29.2 Å². The van der Waals surface area contributed by atoms with Crippen LogP contribution in [0.5, 0.6) is 0 Å². The summed E-state index contributed by atoms with van der Waals surface area (Å²) in [6.45, 7) is 11.3. The molecule has 2 nitrogen and oxygen atoms in total. The third-order valence-corrected chi connectivity index (χ3v) is 3.09. The number of aryl methyl sites for hydroxylation is 1. The third-order valence-electron chi connectivity index (χ3n) is 3.09. The Hall–Kier alpha value is -0.860. The fourth-order valence-electron chi connectivity index (χ4n) is 2.10. The van der Waals surface area contributed by atoms with Crippen LogP contribution in [0.2, 0.25) is 0 Å². The minimum absolute atomic E-state index is 0.214. The predicted molar refractivity (Wildman–Crippen MR) is 77.6 cm³/mol. The van der Waals surface area contributed by atoms with Crippen LogP contribution < -0.4 is 0 Å². The first-order chi connectivity index (χ1) is 8.51. The van der Waals surface area contributed by atoms with Gasteiger partial charge >= 0.3 is 0 Å². The maximum atomic E-state index is 9.82. The molecule has 0 unspecified atom stereocenters. The summed E-state index contributed by atoms with van der Waals surface area (Å²) in [5.74, 6) is 0.625. The third kappa shape index (κ3) is 5.65. The van der Waals surface area contributed by atoms with Crippen molar-refractivity contribution < 1.29 is 5.11 Å². The fraction of sp³-hybridized carbons (Fsp3) is 0.625. The van der Waals surface area contributed by atoms with E-state index in [0.717, 1.165) is 26.1 Å². The second kappa shape index (κ2) is 7.55. The van der Waals surface area contributed by atoms with E-state index in [2.05, 4.69) is 49.9 Å². The first kappa shape index (κ1) is 15.2. The smallest absolute Gasteiger partial charge is 0.0664 e. The summed E-state index contributed by atoms with van der Waals surface area (Å²) in [4.78, 5) is 2.35. The minimum atomic E-state index is -0.214. The SMILES string of the molecule is CC[C@@H](O)CN(Cc1ccc(C)cc1)CC(C)C. The molecule has 0 bridgehead atoms. The van der Waals surface area contributed by atoms with Crippen molar-refractivity contribution in [1.82, 2.24) is 4.90 Å². The quantitative estimate of drug-likeness (QED) is 0.802. The summed E-state index contributed by atoms with van der Waals surface area (Å²) >= 11 is 0. The van der Waals surface area contributed by atoms with Gasteiger partial charge in [0.1, 0.15) is 0 Å². The monoisotopic (exact) mass is 249 g/mol. The van der Waals surface area contributed by atoms with Gasteiger partial charge in [0, 0.05) is 19.6 Å². The van der Waals surface area contributed by atoms with Crippen molar-refractivity contribution >= 4 is 0 Å². The van der Waals surface area contributed by atoms with Crippen LogP contribution in [0.3, 0.4) is 0 Å². The molecule has 0 aromatic heterocycles. The lowest BCUT2D eigenvalue weighted by Gasteiger charge is -2.26. The van der Waals surface area contributed by atoms with Crippen LogP contribution in [0.25, 0.3) is 0 Å². The number of hydrogen-bond donors (Lipinski definition) is 1. The van der Waals surface area contributed by atoms with Gasteiger partial charge in [-0.2, -0.15) is 0 Å². The van der Waals surface area contributed by atoms with E-state index in [1.54, 1.807) is 0 Å². The molecule has 0 saturated carbocycles. The second-order valence-corrected chi connectivity index (χ2v) is 5.64. The van der Waals surface area contributed by atoms with Crippen molar-refractivity contribution in [2.24, 2.45) is 5.92 Å². The van der Waals surface area contributed by atoms with Gasteiger partial charge in [0.15, 0.2) is 0 Å². The first-order valence-electron chi connectivity index (χ1n) is 6.97. The zero-order valence-corrected chi connectivity index (χ0v) is 12.2. The molecule has 0 fully saturated rings. The summed E-state index contributed by atoms with van der Waals surface area (Å²) in [5, 5.41) is 9.82. The molecule has 1 aromatic rings. The Labute approximate surface area is 112 Å². The number of rotatable bonds is 7. The van der Waals surface area contributed by atoms with Crippen molar-refractivity contribution in [2.45, 2.75) is 46.8 Å². The molecule has 1 N–H and O–H groups in total. The number of aliphatic hydroxyl groups excluding tert-OH is 1. The highest BCUT2D eigenvalue weighted by Crippen LogP contribution is 2.10. The summed E-state index contributed by atoms with van der Waals surface area (Å²) < 4.78 is 0. The van der Waals surface area contributed by atoms with Crippen molar-refractivity contribution in [3.8, 4) is 0 Å². The molecular formula is C16H27NO. The van der Waals surface area contributed by atoms with Crippen LogP contribution in [0.4, 0.5) is 0 Å². The Morgan fingerprint density at radius 3 is 2.22 bits per heavy atom. The van der Waals surface area contributed by atoms with E-state index in [1.165, 1.54) is 11.1 Å². The van der Waals surface area contributed by atoms with E-state index in [-0.39, 0.29) is 6.10 Å². The van der Waals surface area contributed by atoms with Crippen molar-refractivity contribution in [3.63, 3.8) is 0 Å². The van der Waals surface area contributed by atoms with Crippen molar-refractivity contribution in [1.29, 1.82) is 0 Å². The largest absolute Gasteiger partial charge is 0.392 e. The molecular weight excluding hydrogens is 222 g/mol. The van der Waals surface area contributed by atoms with Gasteiger partial charge in [-0.3, -0.25) is 4.90 Å². The summed E-state index contributed by atoms with van der Waals surface area (Å²) in [5.41, 5.74) is 2.62. The van der Waals surface area contributed by atoms with Gasteiger partial charge in [0.05, 0.1) is 6.10 Å². The van der Waals surface area contributed by atoms with E-state index in [0.29, 0.717) is 5.92 Å². The van der Waals surface area contributed by atoms with E-state index < -0.39 is 0 Å². The molecule has 2 heteroatoms. The lowest BCUT2D eigenvalue weighted by atomic mass is 10.1. The predicted octanol–water partition coefficient (Wildman–Crippen LogP) is 3.22. The molecule has 1 rings (SSSR count). The average Bonchev–Trinajstić information content (AvgIpc) is 2.31. The molecule has 0 aliphatic rings. The van der Waals surface area contributed by atoms with E-state index >= 15 is 0 Å². The van der Waals surface area contributed by atoms with Crippen LogP contribution in [0.1, 0.15) is 38.3 Å². The van der Waals surface area contributed by atoms with Gasteiger partial charge in [-0.05, 0) is 24.8 Å². The molecule has 0 amide bonds. The highest BCUT2D eigenvalue weighted by atomic mass is 16.3. The molecule has 18 heavy (non-hydrogen) atoms. The van der Waals surface area contributed by atoms with E-state index in [9.17, 15) is 5.11 Å². The second-order valence-electron chi connectivity index (χ2n) is 5.64. The van der Waals surface area contributed by atoms with Gasteiger partial charge in [-0.1, -0.05) is 50.6 Å². The lowest BCUT2D eigenvalue weighted by Crippen LogP contribution is -2.34. The van der Waals surface area contributed by atoms with Gasteiger partial charge in [0.2, 0.25) is 0 Å². The molecule has 0 heterocycles. The Kier molecular flexibility index (Phi) is 6.37. The van der Waals surface area contributed by atoms with Crippen LogP contribution in [-0.2, 0) is 6.54 Å². The molecule has 0 saturated heterocycles. The van der Waals surface area contributed by atoms with E-state index in [4.69, 9.17) is 0 Å². The Balaban J connectivity index is 2.62. The molecule has 0 aliphatic carbocycles. The van der Waals surface area contributed by atoms with Crippen LogP contribution in [0, 0.1) is 12.8 Å². The Bertz CT molecular complexity index is 331. The van der Waals surface area contributed by atoms with Crippen LogP contribution in [0.15, 0.2) is 24.3 Å². The average molecular weight is 249 g/mol. The number of benzene rings is 1. The summed E-state index contributed by atoms with van der Waals surface area (Å²) in [6, 6.07) is 8.67. The molecule has 0 spiro atoms. The highest BCUT2D eigenvalue weighted by molar-refractivity contribution is 5.21. The first-order valence-corrected chi connectivity index (χ1v) is 6.97. The van der Waals surface area contributed by atoms with Gasteiger partial charge in [-0.25, -0.2) is 0 Å². The van der Waals surface area contributed by atoms with Gasteiger partial charge in [-0.15, -0.1) is 0 Å². The number of nitrogens with zero attached hydrogens (tertiary/aromatic N) is 1. The van der Waals surface area contributed by atoms with E-state index in [1.807, 2.05) is 6.92 Å². The maximum Gasteiger partial charge on any atom is 0.0664 e. The standard InChI is InChI=1S/C16H27NO/c1-5-16(18)12-17(10-13(2)3)11-15-8-6-14(4)7-9-15/h6-9,13,16,18H,5,10-12H2,1-4H3/t16-/m1/s1. The number of hydrogen-bond acceptors (Lipinski definition) is 2. The molecule has 1 aromatic carbocycles. The van der Waals surface area contributed by atoms with Crippen LogP contribution >= 0.6 is 0 Å². The molecule has 0 radical (unpaired) electrons. The normalized spacial score (nSPS) is 13.3. The summed E-state index contributed by atoms with van der Waals surface area (Å²) in [6.07, 6.45) is 0.608. The van der Waals surface area contributed by atoms with Gasteiger partial charge < -0.3 is 5.11 Å². The summed E-state index contributed by atoms with van der Waals surface area (Å²) in [7, 11) is 0. The highest BCUT2D eigenvalue weighted by Gasteiger charge is 2.12. The zero-order chi connectivity index (χ0) is 13.5. The molecule has 1 atom stereocenters. The zero-order valence-electron chi connectivity index (χ0n) is 12.2. The van der Waals surface area contributed by atoms with Crippen molar-refractivity contribution in [3.05, 3.63) is 35.4 Å². The molecule has 0 aliphatic heterocycles. The lowest BCUT2D eigenvalue weighted by molar-refractivity contribution is 0.0986. The maximum absolute atomic E-state index is 9.82. The minimum Gasteiger partial charge on any atom is -0.392 e. The Morgan fingerprint density at radius 2 is 1.72 bits per heavy atom. The van der Waals surface area contributed by atoms with Gasteiger partial charge in [0.25, 0.3) is 0 Å². The topological polar surface area (TPSA) is 23.5 Å². The molecule has 102 valence electrons. The number of aliphatic hydroxyl groups is 1. The fourth-order valence-corrected chi connectivity index (χ4v) is 2.10. The van der Waals surface area contributed by atoms with Crippen molar-refractivity contribution in [2.75, 3.05) is 13.1 Å².